The number of carbonyl (C=O) groups is 1. The molecule has 0 amide bonds. The van der Waals surface area contributed by atoms with Crippen LogP contribution in [0.3, 0.4) is 0 Å². The van der Waals surface area contributed by atoms with E-state index in [1.165, 1.54) is 11.3 Å². The first-order chi connectivity index (χ1) is 21.4. The number of nitriles is 1. The highest BCUT2D eigenvalue weighted by atomic mass is 35.5. The van der Waals surface area contributed by atoms with Crippen molar-refractivity contribution in [3.63, 3.8) is 0 Å². The molecule has 5 aromatic rings. The molecule has 4 aromatic carbocycles. The Balaban J connectivity index is 1.29. The third-order valence-electron chi connectivity index (χ3n) is 7.03. The highest BCUT2D eigenvalue weighted by molar-refractivity contribution is 7.21. The topological polar surface area (TPSA) is 104 Å². The summed E-state index contributed by atoms with van der Waals surface area (Å²) < 4.78 is 24.4. The highest BCUT2D eigenvalue weighted by Gasteiger charge is 2.32. The maximum absolute atomic E-state index is 13.1. The fourth-order valence-corrected chi connectivity index (χ4v) is 6.49. The number of fused-ring (bicyclic) bond motifs is 2. The van der Waals surface area contributed by atoms with Crippen LogP contribution in [0.5, 0.6) is 23.0 Å². The van der Waals surface area contributed by atoms with Crippen LogP contribution in [-0.4, -0.2) is 12.6 Å². The molecule has 0 bridgehead atoms. The van der Waals surface area contributed by atoms with Gasteiger partial charge in [0.2, 0.25) is 5.88 Å². The molecule has 220 valence electrons. The van der Waals surface area contributed by atoms with Crippen molar-refractivity contribution >= 4 is 50.6 Å². The molecule has 0 saturated carbocycles. The summed E-state index contributed by atoms with van der Waals surface area (Å²) in [7, 11) is 0. The molecule has 2 heterocycles. The van der Waals surface area contributed by atoms with Crippen molar-refractivity contribution in [3.05, 3.63) is 128 Å². The molecule has 7 nitrogen and oxygen atoms in total. The van der Waals surface area contributed by atoms with Crippen molar-refractivity contribution in [2.24, 2.45) is 5.73 Å². The third kappa shape index (κ3) is 5.78. The molecule has 0 saturated heterocycles. The van der Waals surface area contributed by atoms with E-state index in [-0.39, 0.29) is 17.2 Å². The van der Waals surface area contributed by atoms with Gasteiger partial charge in [0.1, 0.15) is 34.6 Å². The Morgan fingerprint density at radius 1 is 1.00 bits per heavy atom. The zero-order valence-corrected chi connectivity index (χ0v) is 25.6. The van der Waals surface area contributed by atoms with E-state index in [9.17, 15) is 10.1 Å². The number of rotatable bonds is 8. The molecule has 1 atom stereocenters. The molecule has 1 aromatic heterocycles. The average Bonchev–Trinajstić information content (AvgIpc) is 3.37. The normalized spacial score (nSPS) is 14.0. The van der Waals surface area contributed by atoms with Crippen LogP contribution in [0.25, 0.3) is 10.1 Å². The number of nitrogens with zero attached hydrogens (tertiary/aromatic N) is 1. The van der Waals surface area contributed by atoms with Crippen LogP contribution in [0.1, 0.15) is 39.2 Å². The molecule has 10 heteroatoms. The van der Waals surface area contributed by atoms with E-state index < -0.39 is 11.9 Å². The van der Waals surface area contributed by atoms with Crippen LogP contribution in [0, 0.1) is 11.3 Å². The fraction of sp³-hybridized carbons (Fsp3) is 0.118. The largest absolute Gasteiger partial charge is 0.490 e. The van der Waals surface area contributed by atoms with Crippen LogP contribution in [0.15, 0.2) is 96.4 Å². The number of hydrogen-bond donors (Lipinski definition) is 1. The van der Waals surface area contributed by atoms with Gasteiger partial charge in [-0.1, -0.05) is 65.7 Å². The van der Waals surface area contributed by atoms with E-state index in [2.05, 4.69) is 6.07 Å². The number of nitrogens with two attached hydrogens (primary N) is 1. The van der Waals surface area contributed by atoms with E-state index >= 15 is 0 Å². The molecule has 1 aliphatic rings. The van der Waals surface area contributed by atoms with Gasteiger partial charge in [-0.25, -0.2) is 4.79 Å². The summed E-state index contributed by atoms with van der Waals surface area (Å²) >= 11 is 13.7. The van der Waals surface area contributed by atoms with E-state index in [0.29, 0.717) is 50.9 Å². The van der Waals surface area contributed by atoms with Crippen molar-refractivity contribution in [3.8, 4) is 29.1 Å². The first kappa shape index (κ1) is 29.4. The van der Waals surface area contributed by atoms with E-state index in [4.69, 9.17) is 47.9 Å². The van der Waals surface area contributed by atoms with Gasteiger partial charge in [0.25, 0.3) is 0 Å². The first-order valence-electron chi connectivity index (χ1n) is 13.6. The summed E-state index contributed by atoms with van der Waals surface area (Å²) in [5.41, 5.74) is 8.85. The van der Waals surface area contributed by atoms with Crippen LogP contribution >= 0.6 is 34.5 Å². The number of benzene rings is 4. The summed E-state index contributed by atoms with van der Waals surface area (Å²) in [5.74, 6) is 0.497. The second kappa shape index (κ2) is 12.5. The van der Waals surface area contributed by atoms with Gasteiger partial charge in [-0.2, -0.15) is 5.26 Å². The molecule has 1 unspecified atom stereocenters. The maximum Gasteiger partial charge on any atom is 0.355 e. The van der Waals surface area contributed by atoms with Gasteiger partial charge in [-0.3, -0.25) is 0 Å². The Morgan fingerprint density at radius 2 is 1.80 bits per heavy atom. The monoisotopic (exact) mass is 642 g/mol. The maximum atomic E-state index is 13.1. The summed E-state index contributed by atoms with van der Waals surface area (Å²) in [5, 5.41) is 11.8. The van der Waals surface area contributed by atoms with Gasteiger partial charge in [0.05, 0.1) is 17.5 Å². The van der Waals surface area contributed by atoms with Crippen LogP contribution < -0.4 is 24.7 Å². The Hall–Kier alpha value is -4.68. The summed E-state index contributed by atoms with van der Waals surface area (Å²) in [4.78, 5) is 13.4. The zero-order chi connectivity index (χ0) is 30.8. The Labute approximate surface area is 267 Å². The van der Waals surface area contributed by atoms with Crippen LogP contribution in [-0.2, 0) is 6.61 Å². The molecule has 0 radical (unpaired) electrons. The molecule has 1 aliphatic heterocycles. The average molecular weight is 644 g/mol. The lowest BCUT2D eigenvalue weighted by molar-refractivity contribution is 0.0740. The zero-order valence-electron chi connectivity index (χ0n) is 23.3. The second-order valence-corrected chi connectivity index (χ2v) is 11.7. The lowest BCUT2D eigenvalue weighted by Gasteiger charge is -2.27. The molecule has 0 spiro atoms. The van der Waals surface area contributed by atoms with Crippen molar-refractivity contribution in [2.75, 3.05) is 6.61 Å². The summed E-state index contributed by atoms with van der Waals surface area (Å²) in [6, 6.07) is 27.6. The fourth-order valence-electron chi connectivity index (χ4n) is 4.97. The van der Waals surface area contributed by atoms with Crippen LogP contribution in [0.2, 0.25) is 10.0 Å². The minimum atomic E-state index is -0.583. The molecule has 0 aliphatic carbocycles. The summed E-state index contributed by atoms with van der Waals surface area (Å²) in [6.07, 6.45) is 0. The lowest BCUT2D eigenvalue weighted by Crippen LogP contribution is -2.21. The Bertz CT molecular complexity index is 1960. The van der Waals surface area contributed by atoms with E-state index in [1.807, 2.05) is 61.5 Å². The number of esters is 1. The minimum Gasteiger partial charge on any atom is -0.490 e. The van der Waals surface area contributed by atoms with Gasteiger partial charge in [-0.05, 0) is 54.4 Å². The number of thiophene rings is 1. The summed E-state index contributed by atoms with van der Waals surface area (Å²) in [6.45, 7) is 2.61. The molecule has 0 fully saturated rings. The number of allylic oxidation sites excluding steroid dienone is 1. The van der Waals surface area contributed by atoms with Gasteiger partial charge >= 0.3 is 5.97 Å². The van der Waals surface area contributed by atoms with Crippen molar-refractivity contribution in [1.29, 1.82) is 5.26 Å². The predicted molar refractivity (Wildman–Crippen MR) is 171 cm³/mol. The van der Waals surface area contributed by atoms with Crippen molar-refractivity contribution < 1.29 is 23.7 Å². The molecule has 2 N–H and O–H groups in total. The number of carbonyl (C=O) groups excluding carboxylic acids is 1. The predicted octanol–water partition coefficient (Wildman–Crippen LogP) is 8.62. The Morgan fingerprint density at radius 3 is 2.55 bits per heavy atom. The quantitative estimate of drug-likeness (QED) is 0.133. The van der Waals surface area contributed by atoms with E-state index in [0.717, 1.165) is 21.2 Å². The van der Waals surface area contributed by atoms with Crippen molar-refractivity contribution in [2.45, 2.75) is 19.4 Å². The number of halogens is 2. The molecular formula is C34H24Cl2N2O5S. The Kier molecular flexibility index (Phi) is 8.36. The lowest BCUT2D eigenvalue weighted by atomic mass is 9.83. The smallest absolute Gasteiger partial charge is 0.355 e. The van der Waals surface area contributed by atoms with Gasteiger partial charge in [0.15, 0.2) is 11.5 Å². The van der Waals surface area contributed by atoms with Gasteiger partial charge < -0.3 is 24.7 Å². The van der Waals surface area contributed by atoms with Crippen LogP contribution in [0.4, 0.5) is 0 Å². The van der Waals surface area contributed by atoms with Gasteiger partial charge in [0, 0.05) is 26.7 Å². The van der Waals surface area contributed by atoms with Crippen molar-refractivity contribution in [1.82, 2.24) is 0 Å². The molecule has 44 heavy (non-hydrogen) atoms. The molecular weight excluding hydrogens is 619 g/mol. The number of hydrogen-bond acceptors (Lipinski definition) is 8. The first-order valence-corrected chi connectivity index (χ1v) is 15.2. The van der Waals surface area contributed by atoms with E-state index in [1.54, 1.807) is 30.3 Å². The molecule has 6 rings (SSSR count). The minimum absolute atomic E-state index is 0.0398. The highest BCUT2D eigenvalue weighted by Crippen LogP contribution is 2.45. The second-order valence-electron chi connectivity index (χ2n) is 9.81. The standard InChI is InChI=1S/C34H24Cl2N2O5S/c1-2-40-28-15-20(9-14-26(28)41-18-19-7-10-21(35)11-8-19)30-23-13-12-22(16-27(23)43-33(38)25(30)17-37)42-34(39)32-31(36)24-5-3-4-6-29(24)44-32/h3-16,30H,2,18,38H2,1H3. The SMILES string of the molecule is CCOc1cc(C2C(C#N)=C(N)Oc3cc(OC(=O)c4sc5ccccc5c4Cl)ccc32)ccc1OCc1ccc(Cl)cc1. The van der Waals surface area contributed by atoms with Gasteiger partial charge in [-0.15, -0.1) is 11.3 Å². The third-order valence-corrected chi connectivity index (χ3v) is 8.94. The number of ether oxygens (including phenoxy) is 4.